The largest absolute Gasteiger partial charge is 0.381 e. The van der Waals surface area contributed by atoms with Gasteiger partial charge in [-0.3, -0.25) is 9.69 Å². The van der Waals surface area contributed by atoms with Crippen molar-refractivity contribution in [3.05, 3.63) is 29.8 Å². The van der Waals surface area contributed by atoms with Crippen LogP contribution in [0.4, 0.5) is 5.69 Å². The molecule has 0 aromatic heterocycles. The first-order valence-electron chi connectivity index (χ1n) is 9.55. The standard InChI is InChI=1S/C20H31N3O2/c1-16-4-2-3-11-23(16)14-17-5-7-18(8-6-17)22-19(24)20(15-21)9-12-25-13-10-20/h5-8,16H,2-4,9-15,21H2,1H3,(H,22,24). The smallest absolute Gasteiger partial charge is 0.232 e. The Morgan fingerprint density at radius 1 is 1.28 bits per heavy atom. The van der Waals surface area contributed by atoms with E-state index in [0.29, 0.717) is 38.6 Å². The van der Waals surface area contributed by atoms with E-state index in [2.05, 4.69) is 29.3 Å². The fraction of sp³-hybridized carbons (Fsp3) is 0.650. The number of ether oxygens (including phenoxy) is 1. The van der Waals surface area contributed by atoms with Crippen molar-refractivity contribution in [2.75, 3.05) is 31.6 Å². The highest BCUT2D eigenvalue weighted by atomic mass is 16.5. The minimum absolute atomic E-state index is 0.0238. The number of hydrogen-bond acceptors (Lipinski definition) is 4. The summed E-state index contributed by atoms with van der Waals surface area (Å²) in [6, 6.07) is 8.91. The number of nitrogens with two attached hydrogens (primary N) is 1. The average molecular weight is 345 g/mol. The maximum atomic E-state index is 12.7. The van der Waals surface area contributed by atoms with Crippen molar-refractivity contribution in [3.8, 4) is 0 Å². The lowest BCUT2D eigenvalue weighted by atomic mass is 9.79. The minimum Gasteiger partial charge on any atom is -0.381 e. The molecule has 0 saturated carbocycles. The number of hydrogen-bond donors (Lipinski definition) is 2. The van der Waals surface area contributed by atoms with Gasteiger partial charge in [0.1, 0.15) is 0 Å². The number of piperidine rings is 1. The molecule has 3 N–H and O–H groups in total. The SMILES string of the molecule is CC1CCCCN1Cc1ccc(NC(=O)C2(CN)CCOCC2)cc1. The minimum atomic E-state index is -0.486. The van der Waals surface area contributed by atoms with Crippen LogP contribution >= 0.6 is 0 Å². The van der Waals surface area contributed by atoms with Gasteiger partial charge >= 0.3 is 0 Å². The van der Waals surface area contributed by atoms with E-state index in [1.54, 1.807) is 0 Å². The summed E-state index contributed by atoms with van der Waals surface area (Å²) in [5.74, 6) is 0.0238. The molecule has 1 unspecified atom stereocenters. The molecular weight excluding hydrogens is 314 g/mol. The number of nitrogens with one attached hydrogen (secondary N) is 1. The number of carbonyl (C=O) groups excluding carboxylic acids is 1. The zero-order valence-corrected chi connectivity index (χ0v) is 15.3. The lowest BCUT2D eigenvalue weighted by molar-refractivity contribution is -0.130. The third kappa shape index (κ3) is 4.40. The summed E-state index contributed by atoms with van der Waals surface area (Å²) >= 11 is 0. The number of anilines is 1. The first-order valence-corrected chi connectivity index (χ1v) is 9.55. The number of benzene rings is 1. The second-order valence-corrected chi connectivity index (χ2v) is 7.56. The second kappa shape index (κ2) is 8.30. The lowest BCUT2D eigenvalue weighted by Gasteiger charge is -2.34. The Bertz CT molecular complexity index is 567. The fourth-order valence-electron chi connectivity index (χ4n) is 3.87. The van der Waals surface area contributed by atoms with E-state index >= 15 is 0 Å². The molecule has 5 heteroatoms. The average Bonchev–Trinajstić information content (AvgIpc) is 2.65. The summed E-state index contributed by atoms with van der Waals surface area (Å²) in [7, 11) is 0. The molecular formula is C20H31N3O2. The second-order valence-electron chi connectivity index (χ2n) is 7.56. The molecule has 1 aromatic carbocycles. The van der Waals surface area contributed by atoms with Gasteiger partial charge in [0.2, 0.25) is 5.91 Å². The lowest BCUT2D eigenvalue weighted by Crippen LogP contribution is -2.46. The van der Waals surface area contributed by atoms with Crippen molar-refractivity contribution in [1.29, 1.82) is 0 Å². The van der Waals surface area contributed by atoms with Gasteiger partial charge in [0.25, 0.3) is 0 Å². The summed E-state index contributed by atoms with van der Waals surface area (Å²) in [4.78, 5) is 15.3. The van der Waals surface area contributed by atoms with Crippen molar-refractivity contribution < 1.29 is 9.53 Å². The zero-order chi connectivity index (χ0) is 17.7. The zero-order valence-electron chi connectivity index (χ0n) is 15.3. The van der Waals surface area contributed by atoms with Crippen LogP contribution in [0.25, 0.3) is 0 Å². The fourth-order valence-corrected chi connectivity index (χ4v) is 3.87. The van der Waals surface area contributed by atoms with E-state index in [4.69, 9.17) is 10.5 Å². The molecule has 0 aliphatic carbocycles. The maximum absolute atomic E-state index is 12.7. The molecule has 3 rings (SSSR count). The summed E-state index contributed by atoms with van der Waals surface area (Å²) in [5, 5.41) is 3.05. The molecule has 0 bridgehead atoms. The third-order valence-electron chi connectivity index (χ3n) is 5.86. The van der Waals surface area contributed by atoms with E-state index in [1.165, 1.54) is 31.4 Å². The molecule has 2 aliphatic rings. The van der Waals surface area contributed by atoms with Gasteiger partial charge in [-0.1, -0.05) is 18.6 Å². The molecule has 2 fully saturated rings. The van der Waals surface area contributed by atoms with Gasteiger partial charge in [-0.2, -0.15) is 0 Å². The Morgan fingerprint density at radius 2 is 2.00 bits per heavy atom. The highest BCUT2D eigenvalue weighted by molar-refractivity contribution is 5.95. The van der Waals surface area contributed by atoms with Crippen molar-refractivity contribution in [2.45, 2.75) is 51.6 Å². The highest BCUT2D eigenvalue weighted by Gasteiger charge is 2.38. The van der Waals surface area contributed by atoms with Gasteiger partial charge in [0.05, 0.1) is 5.41 Å². The normalized spacial score (nSPS) is 24.0. The van der Waals surface area contributed by atoms with Crippen LogP contribution in [0.5, 0.6) is 0 Å². The molecule has 138 valence electrons. The first kappa shape index (κ1) is 18.4. The quantitative estimate of drug-likeness (QED) is 0.861. The van der Waals surface area contributed by atoms with Crippen molar-refractivity contribution in [1.82, 2.24) is 4.90 Å². The van der Waals surface area contributed by atoms with Crippen LogP contribution in [0.15, 0.2) is 24.3 Å². The van der Waals surface area contributed by atoms with Gasteiger partial charge in [-0.25, -0.2) is 0 Å². The van der Waals surface area contributed by atoms with E-state index in [9.17, 15) is 4.79 Å². The summed E-state index contributed by atoms with van der Waals surface area (Å²) < 4.78 is 5.38. The van der Waals surface area contributed by atoms with Crippen LogP contribution in [-0.4, -0.2) is 43.2 Å². The Labute approximate surface area is 150 Å². The van der Waals surface area contributed by atoms with Gasteiger partial charge in [0, 0.05) is 38.0 Å². The van der Waals surface area contributed by atoms with Gasteiger partial charge in [-0.05, 0) is 56.8 Å². The Morgan fingerprint density at radius 3 is 2.64 bits per heavy atom. The van der Waals surface area contributed by atoms with Crippen LogP contribution in [0.3, 0.4) is 0 Å². The number of carbonyl (C=O) groups is 1. The Kier molecular flexibility index (Phi) is 6.10. The van der Waals surface area contributed by atoms with Crippen molar-refractivity contribution in [2.24, 2.45) is 11.1 Å². The number of nitrogens with zero attached hydrogens (tertiary/aromatic N) is 1. The van der Waals surface area contributed by atoms with E-state index < -0.39 is 5.41 Å². The molecule has 2 heterocycles. The predicted octanol–water partition coefficient (Wildman–Crippen LogP) is 2.76. The summed E-state index contributed by atoms with van der Waals surface area (Å²) in [5.41, 5.74) is 7.57. The maximum Gasteiger partial charge on any atom is 0.232 e. The van der Waals surface area contributed by atoms with Gasteiger partial charge < -0.3 is 15.8 Å². The van der Waals surface area contributed by atoms with E-state index in [-0.39, 0.29) is 5.91 Å². The van der Waals surface area contributed by atoms with Crippen LogP contribution in [0.2, 0.25) is 0 Å². The van der Waals surface area contributed by atoms with Gasteiger partial charge in [0.15, 0.2) is 0 Å². The Balaban J connectivity index is 1.59. The third-order valence-corrected chi connectivity index (χ3v) is 5.86. The number of amides is 1. The van der Waals surface area contributed by atoms with Gasteiger partial charge in [-0.15, -0.1) is 0 Å². The highest BCUT2D eigenvalue weighted by Crippen LogP contribution is 2.31. The van der Waals surface area contributed by atoms with Crippen LogP contribution in [0.1, 0.15) is 44.6 Å². The van der Waals surface area contributed by atoms with Crippen molar-refractivity contribution >= 4 is 11.6 Å². The van der Waals surface area contributed by atoms with E-state index in [1.807, 2.05) is 12.1 Å². The molecule has 0 radical (unpaired) electrons. The Hall–Kier alpha value is -1.43. The monoisotopic (exact) mass is 345 g/mol. The molecule has 2 saturated heterocycles. The van der Waals surface area contributed by atoms with Crippen LogP contribution < -0.4 is 11.1 Å². The predicted molar refractivity (Wildman–Crippen MR) is 100 cm³/mol. The topological polar surface area (TPSA) is 67.6 Å². The van der Waals surface area contributed by atoms with Crippen LogP contribution in [-0.2, 0) is 16.1 Å². The van der Waals surface area contributed by atoms with E-state index in [0.717, 1.165) is 12.2 Å². The summed E-state index contributed by atoms with van der Waals surface area (Å²) in [6.45, 7) is 6.07. The first-order chi connectivity index (χ1) is 12.1. The molecule has 1 aromatic rings. The number of rotatable bonds is 5. The molecule has 2 aliphatic heterocycles. The molecule has 5 nitrogen and oxygen atoms in total. The molecule has 25 heavy (non-hydrogen) atoms. The summed E-state index contributed by atoms with van der Waals surface area (Å²) in [6.07, 6.45) is 5.32. The van der Waals surface area contributed by atoms with Crippen LogP contribution in [0, 0.1) is 5.41 Å². The molecule has 1 atom stereocenters. The number of likely N-dealkylation sites (tertiary alicyclic amines) is 1. The molecule has 1 amide bonds. The van der Waals surface area contributed by atoms with Crippen molar-refractivity contribution in [3.63, 3.8) is 0 Å². The molecule has 0 spiro atoms.